The summed E-state index contributed by atoms with van der Waals surface area (Å²) in [6.07, 6.45) is 0. The number of nitro benzene ring substituents is 1. The fourth-order valence-corrected chi connectivity index (χ4v) is 2.30. The van der Waals surface area contributed by atoms with Crippen molar-refractivity contribution in [3.05, 3.63) is 63.7 Å². The van der Waals surface area contributed by atoms with Crippen LogP contribution in [0.4, 0.5) is 5.69 Å². The van der Waals surface area contributed by atoms with Crippen molar-refractivity contribution in [2.45, 2.75) is 19.9 Å². The number of hydrogen-bond acceptors (Lipinski definition) is 5. The number of nitro groups is 1. The number of benzene rings is 2. The van der Waals surface area contributed by atoms with E-state index in [1.807, 2.05) is 0 Å². The lowest BCUT2D eigenvalue weighted by Gasteiger charge is -2.16. The second kappa shape index (κ2) is 8.14. The molecule has 0 aliphatic carbocycles. The topological polar surface area (TPSA) is 90.7 Å². The van der Waals surface area contributed by atoms with Crippen LogP contribution in [0.25, 0.3) is 0 Å². The molecule has 0 aliphatic heterocycles. The van der Waals surface area contributed by atoms with Gasteiger partial charge in [0, 0.05) is 17.2 Å². The van der Waals surface area contributed by atoms with Gasteiger partial charge in [0.15, 0.2) is 0 Å². The minimum Gasteiger partial charge on any atom is -0.497 e. The number of carbonyl (C=O) groups is 1. The molecule has 1 atom stereocenters. The van der Waals surface area contributed by atoms with Crippen molar-refractivity contribution in [3.63, 3.8) is 0 Å². The fraction of sp³-hybridized carbons (Fsp3) is 0.278. The van der Waals surface area contributed by atoms with Gasteiger partial charge in [-0.3, -0.25) is 14.9 Å². The number of methoxy groups -OCH3 is 1. The lowest BCUT2D eigenvalue weighted by atomic mass is 10.1. The normalized spacial score (nSPS) is 11.5. The van der Waals surface area contributed by atoms with Crippen molar-refractivity contribution in [2.75, 3.05) is 13.7 Å². The van der Waals surface area contributed by atoms with Gasteiger partial charge in [-0.1, -0.05) is 6.07 Å². The molecule has 132 valence electrons. The lowest BCUT2D eigenvalue weighted by Crippen LogP contribution is -2.37. The number of rotatable bonds is 7. The van der Waals surface area contributed by atoms with Crippen LogP contribution in [0.1, 0.15) is 22.8 Å². The van der Waals surface area contributed by atoms with Crippen LogP contribution in [0.2, 0.25) is 0 Å². The summed E-state index contributed by atoms with van der Waals surface area (Å²) in [4.78, 5) is 22.8. The smallest absolute Gasteiger partial charge is 0.273 e. The molecule has 0 radical (unpaired) electrons. The molecule has 0 fully saturated rings. The van der Waals surface area contributed by atoms with Gasteiger partial charge >= 0.3 is 0 Å². The lowest BCUT2D eigenvalue weighted by molar-refractivity contribution is -0.385. The molecule has 2 rings (SSSR count). The van der Waals surface area contributed by atoms with Gasteiger partial charge in [0.2, 0.25) is 0 Å². The highest BCUT2D eigenvalue weighted by molar-refractivity contribution is 5.96. The highest BCUT2D eigenvalue weighted by Crippen LogP contribution is 2.21. The van der Waals surface area contributed by atoms with E-state index in [0.717, 1.165) is 5.75 Å². The molecule has 0 saturated heterocycles. The standard InChI is InChI=1S/C18H20N2O5/c1-12(11-25-15-9-7-14(24-3)8-10-15)19-18(21)16-5-4-6-17(13(16)2)20(22)23/h4-10,12H,11H2,1-3H3,(H,19,21)/t12-/m1/s1. The number of nitrogens with zero attached hydrogens (tertiary/aromatic N) is 1. The molecule has 25 heavy (non-hydrogen) atoms. The summed E-state index contributed by atoms with van der Waals surface area (Å²) in [6, 6.07) is 11.3. The summed E-state index contributed by atoms with van der Waals surface area (Å²) >= 11 is 0. The Morgan fingerprint density at radius 3 is 2.44 bits per heavy atom. The zero-order chi connectivity index (χ0) is 18.4. The van der Waals surface area contributed by atoms with Crippen LogP contribution in [0, 0.1) is 17.0 Å². The molecule has 2 aromatic rings. The zero-order valence-corrected chi connectivity index (χ0v) is 14.3. The van der Waals surface area contributed by atoms with E-state index in [0.29, 0.717) is 11.3 Å². The predicted octanol–water partition coefficient (Wildman–Crippen LogP) is 3.11. The molecule has 0 heterocycles. The minimum atomic E-state index is -0.498. The highest BCUT2D eigenvalue weighted by atomic mass is 16.6. The first kappa shape index (κ1) is 18.3. The number of amides is 1. The first-order valence-corrected chi connectivity index (χ1v) is 7.74. The van der Waals surface area contributed by atoms with E-state index in [4.69, 9.17) is 9.47 Å². The van der Waals surface area contributed by atoms with Crippen LogP contribution in [0.15, 0.2) is 42.5 Å². The zero-order valence-electron chi connectivity index (χ0n) is 14.3. The molecule has 0 saturated carbocycles. The van der Waals surface area contributed by atoms with Crippen LogP contribution >= 0.6 is 0 Å². The summed E-state index contributed by atoms with van der Waals surface area (Å²) in [5.41, 5.74) is 0.550. The molecule has 1 N–H and O–H groups in total. The van der Waals surface area contributed by atoms with Crippen molar-refractivity contribution in [1.29, 1.82) is 0 Å². The quantitative estimate of drug-likeness (QED) is 0.615. The Bertz CT molecular complexity index is 759. The van der Waals surface area contributed by atoms with Gasteiger partial charge in [0.25, 0.3) is 11.6 Å². The van der Waals surface area contributed by atoms with E-state index < -0.39 is 4.92 Å². The number of nitrogens with one attached hydrogen (secondary N) is 1. The molecule has 0 aromatic heterocycles. The van der Waals surface area contributed by atoms with Crippen LogP contribution in [-0.4, -0.2) is 30.6 Å². The van der Waals surface area contributed by atoms with Gasteiger partial charge in [-0.15, -0.1) is 0 Å². The van der Waals surface area contributed by atoms with Crippen molar-refractivity contribution in [3.8, 4) is 11.5 Å². The summed E-state index contributed by atoms with van der Waals surface area (Å²) in [6.45, 7) is 3.63. The van der Waals surface area contributed by atoms with Gasteiger partial charge in [0.05, 0.1) is 18.1 Å². The van der Waals surface area contributed by atoms with Crippen LogP contribution in [0.3, 0.4) is 0 Å². The first-order chi connectivity index (χ1) is 11.9. The van der Waals surface area contributed by atoms with Gasteiger partial charge in [0.1, 0.15) is 18.1 Å². The predicted molar refractivity (Wildman–Crippen MR) is 93.3 cm³/mol. The molecule has 2 aromatic carbocycles. The summed E-state index contributed by atoms with van der Waals surface area (Å²) in [7, 11) is 1.59. The third kappa shape index (κ3) is 4.69. The maximum Gasteiger partial charge on any atom is 0.273 e. The molecular weight excluding hydrogens is 324 g/mol. The molecule has 0 spiro atoms. The highest BCUT2D eigenvalue weighted by Gasteiger charge is 2.19. The molecule has 7 heteroatoms. The first-order valence-electron chi connectivity index (χ1n) is 7.74. The van der Waals surface area contributed by atoms with Crippen molar-refractivity contribution >= 4 is 11.6 Å². The van der Waals surface area contributed by atoms with Crippen LogP contribution in [-0.2, 0) is 0 Å². The maximum absolute atomic E-state index is 12.3. The van der Waals surface area contributed by atoms with Gasteiger partial charge in [-0.05, 0) is 44.2 Å². The number of ether oxygens (including phenoxy) is 2. The average Bonchev–Trinajstić information content (AvgIpc) is 2.60. The van der Waals surface area contributed by atoms with E-state index in [-0.39, 0.29) is 29.8 Å². The third-order valence-corrected chi connectivity index (χ3v) is 3.68. The summed E-state index contributed by atoms with van der Waals surface area (Å²) < 4.78 is 10.7. The SMILES string of the molecule is COc1ccc(OC[C@@H](C)NC(=O)c2cccc([N+](=O)[O-])c2C)cc1. The Morgan fingerprint density at radius 2 is 1.84 bits per heavy atom. The summed E-state index contributed by atoms with van der Waals surface area (Å²) in [5, 5.41) is 13.8. The Kier molecular flexibility index (Phi) is 5.94. The van der Waals surface area contributed by atoms with Gasteiger partial charge < -0.3 is 14.8 Å². The largest absolute Gasteiger partial charge is 0.497 e. The van der Waals surface area contributed by atoms with E-state index in [1.54, 1.807) is 51.3 Å². The van der Waals surface area contributed by atoms with Gasteiger partial charge in [-0.2, -0.15) is 0 Å². The third-order valence-electron chi connectivity index (χ3n) is 3.68. The Balaban J connectivity index is 1.95. The Morgan fingerprint density at radius 1 is 1.20 bits per heavy atom. The minimum absolute atomic E-state index is 0.0743. The van der Waals surface area contributed by atoms with Gasteiger partial charge in [-0.25, -0.2) is 0 Å². The average molecular weight is 344 g/mol. The molecule has 0 unspecified atom stereocenters. The van der Waals surface area contributed by atoms with E-state index >= 15 is 0 Å². The molecule has 1 amide bonds. The van der Waals surface area contributed by atoms with Crippen LogP contribution < -0.4 is 14.8 Å². The fourth-order valence-electron chi connectivity index (χ4n) is 2.30. The number of carbonyl (C=O) groups excluding carboxylic acids is 1. The van der Waals surface area contributed by atoms with E-state index in [1.165, 1.54) is 12.1 Å². The maximum atomic E-state index is 12.3. The number of hydrogen-bond donors (Lipinski definition) is 1. The summed E-state index contributed by atoms with van der Waals surface area (Å²) in [5.74, 6) is 1.02. The Hall–Kier alpha value is -3.09. The second-order valence-electron chi connectivity index (χ2n) is 5.57. The van der Waals surface area contributed by atoms with Crippen molar-refractivity contribution in [1.82, 2.24) is 5.32 Å². The second-order valence-corrected chi connectivity index (χ2v) is 5.57. The van der Waals surface area contributed by atoms with Crippen molar-refractivity contribution < 1.29 is 19.2 Å². The molecule has 0 aliphatic rings. The molecular formula is C18H20N2O5. The van der Waals surface area contributed by atoms with Crippen molar-refractivity contribution in [2.24, 2.45) is 0 Å². The van der Waals surface area contributed by atoms with E-state index in [2.05, 4.69) is 5.32 Å². The molecule has 0 bridgehead atoms. The van der Waals surface area contributed by atoms with E-state index in [9.17, 15) is 14.9 Å². The Labute approximate surface area is 145 Å². The monoisotopic (exact) mass is 344 g/mol. The van der Waals surface area contributed by atoms with Crippen LogP contribution in [0.5, 0.6) is 11.5 Å². The molecule has 7 nitrogen and oxygen atoms in total.